The van der Waals surface area contributed by atoms with Crippen molar-refractivity contribution in [1.29, 1.82) is 0 Å². The molecule has 0 atom stereocenters. The van der Waals surface area contributed by atoms with Crippen molar-refractivity contribution in [1.82, 2.24) is 4.98 Å². The van der Waals surface area contributed by atoms with Crippen LogP contribution in [0.25, 0.3) is 10.8 Å². The van der Waals surface area contributed by atoms with E-state index in [-0.39, 0.29) is 11.1 Å². The topological polar surface area (TPSA) is 62.2 Å². The predicted octanol–water partition coefficient (Wildman–Crippen LogP) is 3.14. The summed E-state index contributed by atoms with van der Waals surface area (Å²) in [4.78, 5) is 15.2. The number of benzene rings is 1. The molecule has 94 valence electrons. The third kappa shape index (κ3) is 2.59. The lowest BCUT2D eigenvalue weighted by molar-refractivity contribution is 0.0697. The predicted molar refractivity (Wildman–Crippen MR) is 72.1 cm³/mol. The standard InChI is InChI=1S/C14H16N2O2/c1-14(2,3)16-12-11-5-4-10(13(17)18)8-9(11)6-7-15-12/h4-8H,1-3H3,(H,15,16)(H,17,18). The van der Waals surface area contributed by atoms with Crippen LogP contribution in [0.1, 0.15) is 31.1 Å². The number of hydrogen-bond acceptors (Lipinski definition) is 3. The molecule has 0 radical (unpaired) electrons. The molecule has 0 saturated heterocycles. The van der Waals surface area contributed by atoms with Crippen LogP contribution in [0.3, 0.4) is 0 Å². The van der Waals surface area contributed by atoms with Gasteiger partial charge in [-0.05, 0) is 50.4 Å². The number of pyridine rings is 1. The molecule has 0 aliphatic heterocycles. The average molecular weight is 244 g/mol. The fourth-order valence-electron chi connectivity index (χ4n) is 1.77. The van der Waals surface area contributed by atoms with E-state index in [2.05, 4.69) is 31.1 Å². The van der Waals surface area contributed by atoms with Gasteiger partial charge in [-0.1, -0.05) is 0 Å². The molecule has 0 unspecified atom stereocenters. The fourth-order valence-corrected chi connectivity index (χ4v) is 1.77. The average Bonchev–Trinajstić information content (AvgIpc) is 2.26. The molecule has 0 bridgehead atoms. The normalized spacial score (nSPS) is 11.5. The highest BCUT2D eigenvalue weighted by molar-refractivity contribution is 5.98. The quantitative estimate of drug-likeness (QED) is 0.851. The second-order valence-corrected chi connectivity index (χ2v) is 5.28. The number of carboxylic acids is 1. The van der Waals surface area contributed by atoms with Gasteiger partial charge in [0.2, 0.25) is 0 Å². The number of hydrogen-bond donors (Lipinski definition) is 2. The highest BCUT2D eigenvalue weighted by Crippen LogP contribution is 2.24. The molecule has 0 fully saturated rings. The SMILES string of the molecule is CC(C)(C)Nc1nccc2cc(C(=O)O)ccc12. The van der Waals surface area contributed by atoms with E-state index >= 15 is 0 Å². The molecule has 0 aliphatic carbocycles. The molecular weight excluding hydrogens is 228 g/mol. The molecule has 0 spiro atoms. The third-order valence-corrected chi connectivity index (χ3v) is 2.50. The molecule has 1 aromatic heterocycles. The smallest absolute Gasteiger partial charge is 0.335 e. The summed E-state index contributed by atoms with van der Waals surface area (Å²) in [5.74, 6) is -0.143. The van der Waals surface area contributed by atoms with Crippen molar-refractivity contribution in [2.75, 3.05) is 5.32 Å². The molecule has 1 aromatic carbocycles. The maximum Gasteiger partial charge on any atom is 0.335 e. The van der Waals surface area contributed by atoms with Crippen LogP contribution in [0.15, 0.2) is 30.5 Å². The van der Waals surface area contributed by atoms with Crippen molar-refractivity contribution in [3.8, 4) is 0 Å². The number of aromatic carboxylic acids is 1. The van der Waals surface area contributed by atoms with E-state index in [0.29, 0.717) is 0 Å². The Morgan fingerprint density at radius 1 is 1.28 bits per heavy atom. The van der Waals surface area contributed by atoms with E-state index in [9.17, 15) is 4.79 Å². The highest BCUT2D eigenvalue weighted by Gasteiger charge is 2.13. The van der Waals surface area contributed by atoms with Crippen molar-refractivity contribution >= 4 is 22.6 Å². The summed E-state index contributed by atoms with van der Waals surface area (Å²) < 4.78 is 0. The van der Waals surface area contributed by atoms with Gasteiger partial charge in [0, 0.05) is 17.1 Å². The van der Waals surface area contributed by atoms with Gasteiger partial charge in [0.15, 0.2) is 0 Å². The van der Waals surface area contributed by atoms with Gasteiger partial charge in [-0.3, -0.25) is 0 Å². The van der Waals surface area contributed by atoms with E-state index < -0.39 is 5.97 Å². The molecule has 0 saturated carbocycles. The summed E-state index contributed by atoms with van der Waals surface area (Å²) in [6.45, 7) is 6.16. The zero-order valence-electron chi connectivity index (χ0n) is 10.7. The van der Waals surface area contributed by atoms with Crippen LogP contribution in [0, 0.1) is 0 Å². The second kappa shape index (κ2) is 4.29. The first kappa shape index (κ1) is 12.4. The first-order valence-corrected chi connectivity index (χ1v) is 5.77. The number of fused-ring (bicyclic) bond motifs is 1. The molecule has 4 heteroatoms. The number of aromatic nitrogens is 1. The van der Waals surface area contributed by atoms with Gasteiger partial charge in [-0.2, -0.15) is 0 Å². The van der Waals surface area contributed by atoms with Gasteiger partial charge < -0.3 is 10.4 Å². The van der Waals surface area contributed by atoms with Gasteiger partial charge in [0.1, 0.15) is 5.82 Å². The Kier molecular flexibility index (Phi) is 2.95. The van der Waals surface area contributed by atoms with Crippen molar-refractivity contribution in [3.05, 3.63) is 36.0 Å². The van der Waals surface area contributed by atoms with Crippen molar-refractivity contribution in [2.45, 2.75) is 26.3 Å². The van der Waals surface area contributed by atoms with Gasteiger partial charge in [0.25, 0.3) is 0 Å². The van der Waals surface area contributed by atoms with Crippen LogP contribution in [0.5, 0.6) is 0 Å². The van der Waals surface area contributed by atoms with Gasteiger partial charge in [-0.15, -0.1) is 0 Å². The van der Waals surface area contributed by atoms with Crippen LogP contribution in [0.2, 0.25) is 0 Å². The van der Waals surface area contributed by atoms with E-state index in [1.165, 1.54) is 0 Å². The first-order chi connectivity index (χ1) is 8.37. The molecule has 0 amide bonds. The maximum atomic E-state index is 10.9. The van der Waals surface area contributed by atoms with Crippen LogP contribution in [-0.2, 0) is 0 Å². The zero-order valence-corrected chi connectivity index (χ0v) is 10.7. The summed E-state index contributed by atoms with van der Waals surface area (Å²) in [5.41, 5.74) is 0.197. The number of nitrogens with one attached hydrogen (secondary N) is 1. The molecule has 0 aliphatic rings. The summed E-state index contributed by atoms with van der Waals surface area (Å²) in [7, 11) is 0. The van der Waals surface area contributed by atoms with Crippen molar-refractivity contribution in [3.63, 3.8) is 0 Å². The Balaban J connectivity index is 2.54. The zero-order chi connectivity index (χ0) is 13.3. The second-order valence-electron chi connectivity index (χ2n) is 5.28. The molecule has 4 nitrogen and oxygen atoms in total. The lowest BCUT2D eigenvalue weighted by Gasteiger charge is -2.22. The minimum Gasteiger partial charge on any atom is -0.478 e. The lowest BCUT2D eigenvalue weighted by Crippen LogP contribution is -2.26. The molecule has 2 rings (SSSR count). The summed E-state index contributed by atoms with van der Waals surface area (Å²) in [6.07, 6.45) is 1.68. The monoisotopic (exact) mass is 244 g/mol. The Morgan fingerprint density at radius 2 is 2.00 bits per heavy atom. The largest absolute Gasteiger partial charge is 0.478 e. The Bertz CT molecular complexity index is 600. The Labute approximate surface area is 106 Å². The lowest BCUT2D eigenvalue weighted by atomic mass is 10.1. The minimum absolute atomic E-state index is 0.0905. The summed E-state index contributed by atoms with van der Waals surface area (Å²) in [5, 5.41) is 14.1. The Hall–Kier alpha value is -2.10. The van der Waals surface area contributed by atoms with Crippen LogP contribution in [0.4, 0.5) is 5.82 Å². The number of rotatable bonds is 2. The van der Waals surface area contributed by atoms with E-state index in [1.807, 2.05) is 6.07 Å². The van der Waals surface area contributed by atoms with Gasteiger partial charge >= 0.3 is 5.97 Å². The van der Waals surface area contributed by atoms with E-state index in [0.717, 1.165) is 16.6 Å². The van der Waals surface area contributed by atoms with Crippen LogP contribution >= 0.6 is 0 Å². The van der Waals surface area contributed by atoms with Crippen molar-refractivity contribution < 1.29 is 9.90 Å². The molecule has 2 aromatic rings. The fraction of sp³-hybridized carbons (Fsp3) is 0.286. The Morgan fingerprint density at radius 3 is 2.61 bits per heavy atom. The van der Waals surface area contributed by atoms with Crippen LogP contribution in [-0.4, -0.2) is 21.6 Å². The molecule has 1 heterocycles. The maximum absolute atomic E-state index is 10.9. The number of carbonyl (C=O) groups is 1. The summed E-state index contributed by atoms with van der Waals surface area (Å²) >= 11 is 0. The minimum atomic E-state index is -0.918. The highest BCUT2D eigenvalue weighted by atomic mass is 16.4. The number of anilines is 1. The van der Waals surface area contributed by atoms with E-state index in [4.69, 9.17) is 5.11 Å². The summed E-state index contributed by atoms with van der Waals surface area (Å²) in [6, 6.07) is 6.86. The van der Waals surface area contributed by atoms with E-state index in [1.54, 1.807) is 24.4 Å². The molecule has 18 heavy (non-hydrogen) atoms. The third-order valence-electron chi connectivity index (χ3n) is 2.50. The van der Waals surface area contributed by atoms with Gasteiger partial charge in [0.05, 0.1) is 5.56 Å². The first-order valence-electron chi connectivity index (χ1n) is 5.77. The van der Waals surface area contributed by atoms with Crippen LogP contribution < -0.4 is 5.32 Å². The molecular formula is C14H16N2O2. The number of nitrogens with zero attached hydrogens (tertiary/aromatic N) is 1. The molecule has 2 N–H and O–H groups in total. The van der Waals surface area contributed by atoms with Gasteiger partial charge in [-0.25, -0.2) is 9.78 Å². The van der Waals surface area contributed by atoms with Crippen molar-refractivity contribution in [2.24, 2.45) is 0 Å². The number of carboxylic acid groups (broad SMARTS) is 1.